The highest BCUT2D eigenvalue weighted by Gasteiger charge is 2.03. The largest absolute Gasteiger partial charge is 0.381 e. The fourth-order valence-corrected chi connectivity index (χ4v) is 1.71. The summed E-state index contributed by atoms with van der Waals surface area (Å²) in [7, 11) is 0. The molecule has 0 aliphatic rings. The Morgan fingerprint density at radius 2 is 2.00 bits per heavy atom. The number of hydrogen-bond acceptors (Lipinski definition) is 3. The van der Waals surface area contributed by atoms with Crippen LogP contribution in [0.1, 0.15) is 21.5 Å². The lowest BCUT2D eigenvalue weighted by molar-refractivity contribution is 0.1000. The molecule has 1 heterocycles. The summed E-state index contributed by atoms with van der Waals surface area (Å²) in [4.78, 5) is 15.0. The molecule has 1 aromatic heterocycles. The van der Waals surface area contributed by atoms with E-state index < -0.39 is 5.91 Å². The molecule has 0 saturated heterocycles. The zero-order valence-electron chi connectivity index (χ0n) is 10.2. The second kappa shape index (κ2) is 5.31. The van der Waals surface area contributed by atoms with Crippen LogP contribution >= 0.6 is 0 Å². The first-order chi connectivity index (χ1) is 8.66. The first-order valence-corrected chi connectivity index (χ1v) is 5.70. The molecule has 0 spiro atoms. The Kier molecular flexibility index (Phi) is 3.57. The molecule has 0 atom stereocenters. The molecular weight excluding hydrogens is 226 g/mol. The average Bonchev–Trinajstić information content (AvgIpc) is 2.38. The van der Waals surface area contributed by atoms with E-state index in [0.717, 1.165) is 23.4 Å². The molecule has 18 heavy (non-hydrogen) atoms. The van der Waals surface area contributed by atoms with Gasteiger partial charge < -0.3 is 11.1 Å². The Hall–Kier alpha value is -2.36. The molecule has 0 bridgehead atoms. The van der Waals surface area contributed by atoms with Gasteiger partial charge in [0.05, 0.1) is 0 Å². The summed E-state index contributed by atoms with van der Waals surface area (Å²) in [5, 5.41) is 3.32. The van der Waals surface area contributed by atoms with E-state index in [1.54, 1.807) is 24.5 Å². The third-order valence-corrected chi connectivity index (χ3v) is 2.74. The second-order valence-electron chi connectivity index (χ2n) is 4.10. The van der Waals surface area contributed by atoms with Crippen LogP contribution in [-0.2, 0) is 6.54 Å². The number of aromatic nitrogens is 1. The van der Waals surface area contributed by atoms with Crippen molar-refractivity contribution in [3.05, 3.63) is 59.4 Å². The molecule has 0 fully saturated rings. The lowest BCUT2D eigenvalue weighted by Gasteiger charge is -2.10. The number of carbonyl (C=O) groups is 1. The highest BCUT2D eigenvalue weighted by atomic mass is 16.1. The minimum Gasteiger partial charge on any atom is -0.381 e. The topological polar surface area (TPSA) is 68.0 Å². The molecule has 0 unspecified atom stereocenters. The third kappa shape index (κ3) is 2.85. The number of amides is 1. The maximum Gasteiger partial charge on any atom is 0.248 e. The van der Waals surface area contributed by atoms with Gasteiger partial charge in [0.1, 0.15) is 0 Å². The summed E-state index contributed by atoms with van der Waals surface area (Å²) in [6.07, 6.45) is 3.53. The van der Waals surface area contributed by atoms with Gasteiger partial charge in [-0.2, -0.15) is 0 Å². The van der Waals surface area contributed by atoms with Gasteiger partial charge in [-0.15, -0.1) is 0 Å². The highest BCUT2D eigenvalue weighted by molar-refractivity contribution is 5.93. The maximum absolute atomic E-state index is 11.0. The summed E-state index contributed by atoms with van der Waals surface area (Å²) in [5.41, 5.74) is 8.91. The van der Waals surface area contributed by atoms with Crippen LogP contribution in [0.4, 0.5) is 5.69 Å². The standard InChI is InChI=1S/C14H15N3O/c1-10-8-12(14(15)18)2-3-13(10)17-9-11-4-6-16-7-5-11/h2-8,17H,9H2,1H3,(H2,15,18). The van der Waals surface area contributed by atoms with E-state index in [-0.39, 0.29) is 0 Å². The van der Waals surface area contributed by atoms with Gasteiger partial charge in [-0.3, -0.25) is 9.78 Å². The lowest BCUT2D eigenvalue weighted by Crippen LogP contribution is -2.11. The average molecular weight is 241 g/mol. The number of benzene rings is 1. The van der Waals surface area contributed by atoms with E-state index in [2.05, 4.69) is 10.3 Å². The molecular formula is C14H15N3O. The predicted octanol–water partition coefficient (Wildman–Crippen LogP) is 2.10. The molecule has 4 heteroatoms. The van der Waals surface area contributed by atoms with Crippen molar-refractivity contribution in [2.45, 2.75) is 13.5 Å². The Bertz CT molecular complexity index is 552. The van der Waals surface area contributed by atoms with Crippen LogP contribution in [0, 0.1) is 6.92 Å². The maximum atomic E-state index is 11.0. The zero-order chi connectivity index (χ0) is 13.0. The third-order valence-electron chi connectivity index (χ3n) is 2.74. The Balaban J connectivity index is 2.08. The number of nitrogens with two attached hydrogens (primary N) is 1. The summed E-state index contributed by atoms with van der Waals surface area (Å²) in [6.45, 7) is 2.67. The number of nitrogens with one attached hydrogen (secondary N) is 1. The van der Waals surface area contributed by atoms with Crippen LogP contribution in [0.5, 0.6) is 0 Å². The van der Waals surface area contributed by atoms with E-state index in [9.17, 15) is 4.79 Å². The quantitative estimate of drug-likeness (QED) is 0.861. The minimum atomic E-state index is -0.404. The van der Waals surface area contributed by atoms with Crippen LogP contribution in [0.3, 0.4) is 0 Å². The molecule has 92 valence electrons. The van der Waals surface area contributed by atoms with Gasteiger partial charge >= 0.3 is 0 Å². The van der Waals surface area contributed by atoms with Gasteiger partial charge in [-0.1, -0.05) is 0 Å². The van der Waals surface area contributed by atoms with Crippen molar-refractivity contribution in [3.63, 3.8) is 0 Å². The van der Waals surface area contributed by atoms with E-state index in [1.165, 1.54) is 0 Å². The second-order valence-corrected chi connectivity index (χ2v) is 4.10. The van der Waals surface area contributed by atoms with Crippen molar-refractivity contribution < 1.29 is 4.79 Å². The van der Waals surface area contributed by atoms with Crippen molar-refractivity contribution in [1.29, 1.82) is 0 Å². The van der Waals surface area contributed by atoms with Crippen molar-refractivity contribution in [3.8, 4) is 0 Å². The van der Waals surface area contributed by atoms with Gasteiger partial charge in [-0.25, -0.2) is 0 Å². The fourth-order valence-electron chi connectivity index (χ4n) is 1.71. The van der Waals surface area contributed by atoms with Crippen LogP contribution in [-0.4, -0.2) is 10.9 Å². The number of hydrogen-bond donors (Lipinski definition) is 2. The van der Waals surface area contributed by atoms with Crippen molar-refractivity contribution in [2.24, 2.45) is 5.73 Å². The number of rotatable bonds is 4. The smallest absolute Gasteiger partial charge is 0.248 e. The molecule has 0 aliphatic heterocycles. The first kappa shape index (κ1) is 12.1. The van der Waals surface area contributed by atoms with Gasteiger partial charge in [0.25, 0.3) is 0 Å². The Labute approximate surface area is 106 Å². The van der Waals surface area contributed by atoms with Crippen LogP contribution in [0.15, 0.2) is 42.7 Å². The van der Waals surface area contributed by atoms with Gasteiger partial charge in [0.2, 0.25) is 5.91 Å². The highest BCUT2D eigenvalue weighted by Crippen LogP contribution is 2.17. The molecule has 2 rings (SSSR count). The van der Waals surface area contributed by atoms with Gasteiger partial charge in [-0.05, 0) is 48.4 Å². The SMILES string of the molecule is Cc1cc(C(N)=O)ccc1NCc1ccncc1. The van der Waals surface area contributed by atoms with Crippen LogP contribution in [0.2, 0.25) is 0 Å². The van der Waals surface area contributed by atoms with Crippen LogP contribution < -0.4 is 11.1 Å². The zero-order valence-corrected chi connectivity index (χ0v) is 10.2. The summed E-state index contributed by atoms with van der Waals surface area (Å²) in [5.74, 6) is -0.404. The number of primary amides is 1. The molecule has 0 radical (unpaired) electrons. The van der Waals surface area contributed by atoms with E-state index in [0.29, 0.717) is 5.56 Å². The number of anilines is 1. The molecule has 0 aliphatic carbocycles. The molecule has 4 nitrogen and oxygen atoms in total. The number of nitrogens with zero attached hydrogens (tertiary/aromatic N) is 1. The van der Waals surface area contributed by atoms with E-state index in [1.807, 2.05) is 25.1 Å². The predicted molar refractivity (Wildman–Crippen MR) is 71.3 cm³/mol. The number of aryl methyl sites for hydroxylation is 1. The molecule has 0 saturated carbocycles. The fraction of sp³-hybridized carbons (Fsp3) is 0.143. The first-order valence-electron chi connectivity index (χ1n) is 5.70. The number of pyridine rings is 1. The normalized spacial score (nSPS) is 10.1. The van der Waals surface area contributed by atoms with Crippen LogP contribution in [0.25, 0.3) is 0 Å². The lowest BCUT2D eigenvalue weighted by atomic mass is 10.1. The Morgan fingerprint density at radius 1 is 1.28 bits per heavy atom. The molecule has 1 amide bonds. The summed E-state index contributed by atoms with van der Waals surface area (Å²) >= 11 is 0. The van der Waals surface area contributed by atoms with Crippen molar-refractivity contribution >= 4 is 11.6 Å². The molecule has 2 aromatic rings. The van der Waals surface area contributed by atoms with Crippen molar-refractivity contribution in [2.75, 3.05) is 5.32 Å². The molecule has 3 N–H and O–H groups in total. The van der Waals surface area contributed by atoms with Gasteiger partial charge in [0, 0.05) is 30.2 Å². The van der Waals surface area contributed by atoms with Gasteiger partial charge in [0.15, 0.2) is 0 Å². The van der Waals surface area contributed by atoms with E-state index >= 15 is 0 Å². The summed E-state index contributed by atoms with van der Waals surface area (Å²) < 4.78 is 0. The minimum absolute atomic E-state index is 0.404. The monoisotopic (exact) mass is 241 g/mol. The van der Waals surface area contributed by atoms with Crippen molar-refractivity contribution in [1.82, 2.24) is 4.98 Å². The Morgan fingerprint density at radius 3 is 2.61 bits per heavy atom. The summed E-state index contributed by atoms with van der Waals surface area (Å²) in [6, 6.07) is 9.30. The molecule has 1 aromatic carbocycles. The van der Waals surface area contributed by atoms with E-state index in [4.69, 9.17) is 5.73 Å². The number of carbonyl (C=O) groups excluding carboxylic acids is 1.